The van der Waals surface area contributed by atoms with Crippen molar-refractivity contribution in [3.8, 4) is 11.5 Å². The first-order valence-electron chi connectivity index (χ1n) is 9.34. The van der Waals surface area contributed by atoms with Crippen LogP contribution in [-0.4, -0.2) is 60.9 Å². The number of ether oxygens (including phenoxy) is 2. The van der Waals surface area contributed by atoms with Crippen molar-refractivity contribution < 1.29 is 46.3 Å². The fraction of sp³-hybridized carbons (Fsp3) is 0.273. The van der Waals surface area contributed by atoms with E-state index in [4.69, 9.17) is 9.47 Å². The van der Waals surface area contributed by atoms with Gasteiger partial charge in [0.05, 0.1) is 13.2 Å². The van der Waals surface area contributed by atoms with E-state index in [0.717, 1.165) is 0 Å². The summed E-state index contributed by atoms with van der Waals surface area (Å²) in [7, 11) is 0. The number of esters is 2. The predicted octanol–water partition coefficient (Wildman–Crippen LogP) is 2.75. The molecule has 2 aromatic rings. The molecule has 0 aromatic heterocycles. The Balaban J connectivity index is 0.000000562. The normalized spacial score (nSPS) is 10.1. The first kappa shape index (κ1) is 27.8. The van der Waals surface area contributed by atoms with Crippen LogP contribution in [0.1, 0.15) is 25.0 Å². The molecule has 0 fully saturated rings. The molecule has 171 valence electrons. The maximum absolute atomic E-state index is 10.9. The minimum atomic E-state index is -0.371. The monoisotopic (exact) mass is 477 g/mol. The summed E-state index contributed by atoms with van der Waals surface area (Å²) >= 11 is 0. The summed E-state index contributed by atoms with van der Waals surface area (Å²) in [5, 5.41) is 18.7. The van der Waals surface area contributed by atoms with Crippen LogP contribution in [-0.2, 0) is 36.1 Å². The molecule has 1 radical (unpaired) electrons. The summed E-state index contributed by atoms with van der Waals surface area (Å²) in [6.45, 7) is 4.13. The molecule has 2 rings (SSSR count). The average Bonchev–Trinajstić information content (AvgIpc) is 2.72. The molecule has 2 N–H and O–H groups in total. The van der Waals surface area contributed by atoms with Crippen molar-refractivity contribution in [3.05, 3.63) is 59.7 Å². The molecule has 0 heterocycles. The molecule has 2 aromatic carbocycles. The van der Waals surface area contributed by atoms with Gasteiger partial charge in [-0.1, -0.05) is 24.3 Å². The van der Waals surface area contributed by atoms with Crippen LogP contribution in [0.4, 0.5) is 0 Å². The summed E-state index contributed by atoms with van der Waals surface area (Å²) in [6.07, 6.45) is 2.90. The number of hydrogen-bond donors (Lipinski definition) is 2. The van der Waals surface area contributed by atoms with Crippen LogP contribution in [0.15, 0.2) is 58.5 Å². The van der Waals surface area contributed by atoms with Crippen LogP contribution in [0.5, 0.6) is 11.5 Å². The van der Waals surface area contributed by atoms with E-state index in [1.165, 1.54) is 12.4 Å². The van der Waals surface area contributed by atoms with Gasteiger partial charge in [0, 0.05) is 40.6 Å². The van der Waals surface area contributed by atoms with Crippen LogP contribution in [0.3, 0.4) is 0 Å². The molecule has 0 amide bonds. The van der Waals surface area contributed by atoms with Gasteiger partial charge in [-0.3, -0.25) is 19.6 Å². The fourth-order valence-electron chi connectivity index (χ4n) is 2.04. The average molecular weight is 478 g/mol. The zero-order valence-corrected chi connectivity index (χ0v) is 18.3. The van der Waals surface area contributed by atoms with Crippen molar-refractivity contribution in [2.75, 3.05) is 26.3 Å². The van der Waals surface area contributed by atoms with Crippen molar-refractivity contribution in [3.63, 3.8) is 0 Å². The van der Waals surface area contributed by atoms with Gasteiger partial charge in [-0.15, -0.1) is 0 Å². The summed E-state index contributed by atoms with van der Waals surface area (Å²) in [6, 6.07) is 13.6. The largest absolute Gasteiger partial charge is 0.507 e. The van der Waals surface area contributed by atoms with Gasteiger partial charge in [-0.05, 0) is 38.1 Å². The minimum Gasteiger partial charge on any atom is -0.507 e. The topological polar surface area (TPSA) is 118 Å². The second-order valence-corrected chi connectivity index (χ2v) is 5.67. The van der Waals surface area contributed by atoms with Gasteiger partial charge in [0.25, 0.3) is 0 Å². The van der Waals surface area contributed by atoms with E-state index in [1.807, 2.05) is 0 Å². The van der Waals surface area contributed by atoms with Gasteiger partial charge < -0.3 is 19.7 Å². The summed E-state index contributed by atoms with van der Waals surface area (Å²) < 4.78 is 9.39. The predicted molar refractivity (Wildman–Crippen MR) is 114 cm³/mol. The first-order valence-corrected chi connectivity index (χ1v) is 9.34. The number of benzene rings is 2. The van der Waals surface area contributed by atoms with Gasteiger partial charge in [-0.2, -0.15) is 0 Å². The number of rotatable bonds is 8. The first-order chi connectivity index (χ1) is 14.5. The Bertz CT molecular complexity index is 799. The smallest absolute Gasteiger partial charge is 0.327 e. The fourth-order valence-corrected chi connectivity index (χ4v) is 2.04. The third-order valence-corrected chi connectivity index (χ3v) is 3.39. The van der Waals surface area contributed by atoms with Gasteiger partial charge in [0.15, 0.2) is 0 Å². The number of para-hydroxylation sites is 2. The molecule has 0 saturated heterocycles. The van der Waals surface area contributed by atoms with Crippen molar-refractivity contribution in [1.29, 1.82) is 0 Å². The minimum absolute atomic E-state index is 0. The molecule has 0 saturated carbocycles. The molecule has 0 aliphatic heterocycles. The molecule has 8 nitrogen and oxygen atoms in total. The number of carbonyl (C=O) groups is 2. The van der Waals surface area contributed by atoms with Gasteiger partial charge in [0.1, 0.15) is 24.6 Å². The zero-order valence-electron chi connectivity index (χ0n) is 17.3. The van der Waals surface area contributed by atoms with E-state index >= 15 is 0 Å². The molecule has 0 aliphatic rings. The summed E-state index contributed by atoms with van der Waals surface area (Å²) in [4.78, 5) is 29.6. The Labute approximate surface area is 192 Å². The van der Waals surface area contributed by atoms with E-state index in [2.05, 4.69) is 9.98 Å². The third-order valence-electron chi connectivity index (χ3n) is 3.39. The van der Waals surface area contributed by atoms with E-state index in [0.29, 0.717) is 24.3 Å². The quantitative estimate of drug-likeness (QED) is 0.343. The Hall–Kier alpha value is -3.16. The van der Waals surface area contributed by atoms with E-state index < -0.39 is 0 Å². The molecule has 0 aliphatic carbocycles. The number of nitrogens with zero attached hydrogens (tertiary/aromatic N) is 2. The number of hydrogen-bond acceptors (Lipinski definition) is 8. The maximum Gasteiger partial charge on any atom is 0.327 e. The zero-order chi connectivity index (χ0) is 22.2. The molecule has 31 heavy (non-hydrogen) atoms. The number of phenolic OH excluding ortho intramolecular Hbond substituents is 2. The van der Waals surface area contributed by atoms with Crippen molar-refractivity contribution >= 4 is 24.4 Å². The van der Waals surface area contributed by atoms with E-state index in [9.17, 15) is 19.8 Å². The van der Waals surface area contributed by atoms with Gasteiger partial charge >= 0.3 is 11.9 Å². The van der Waals surface area contributed by atoms with Gasteiger partial charge in [0.2, 0.25) is 0 Å². The van der Waals surface area contributed by atoms with Crippen LogP contribution in [0.25, 0.3) is 0 Å². The van der Waals surface area contributed by atoms with Crippen molar-refractivity contribution in [2.45, 2.75) is 13.8 Å². The molecular formula is C22H26CuN2O6. The Morgan fingerprint density at radius 2 is 1.13 bits per heavy atom. The number of aromatic hydroxyl groups is 2. The van der Waals surface area contributed by atoms with E-state index in [1.54, 1.807) is 62.4 Å². The Kier molecular flexibility index (Phi) is 14.9. The van der Waals surface area contributed by atoms with Crippen LogP contribution < -0.4 is 0 Å². The Morgan fingerprint density at radius 3 is 1.45 bits per heavy atom. The molecule has 9 heteroatoms. The van der Waals surface area contributed by atoms with Crippen LogP contribution >= 0.6 is 0 Å². The molecule has 0 spiro atoms. The molecule has 0 atom stereocenters. The summed E-state index contributed by atoms with van der Waals surface area (Å²) in [5.41, 5.74) is 1.17. The SMILES string of the molecule is CCOC(=O)CN=Cc1ccccc1O.CCOC(=O)CN=Cc1ccccc1O.[Cu]. The van der Waals surface area contributed by atoms with Crippen LogP contribution in [0, 0.1) is 0 Å². The van der Waals surface area contributed by atoms with E-state index in [-0.39, 0.29) is 53.6 Å². The second-order valence-electron chi connectivity index (χ2n) is 5.67. The third kappa shape index (κ3) is 12.2. The van der Waals surface area contributed by atoms with Crippen LogP contribution in [0.2, 0.25) is 0 Å². The number of carbonyl (C=O) groups excluding carboxylic acids is 2. The number of phenols is 2. The van der Waals surface area contributed by atoms with Crippen molar-refractivity contribution in [2.24, 2.45) is 9.98 Å². The van der Waals surface area contributed by atoms with Crippen molar-refractivity contribution in [1.82, 2.24) is 0 Å². The molecule has 0 unspecified atom stereocenters. The second kappa shape index (κ2) is 16.6. The maximum atomic E-state index is 10.9. The van der Waals surface area contributed by atoms with Gasteiger partial charge in [-0.25, -0.2) is 0 Å². The standard InChI is InChI=1S/2C11H13NO3.Cu/c2*1-2-15-11(14)8-12-7-9-5-3-4-6-10(9)13;/h2*3-7,13H,2,8H2,1H3;. The Morgan fingerprint density at radius 1 is 0.774 bits per heavy atom. The molecular weight excluding hydrogens is 452 g/mol. The number of aliphatic imine (C=N–C) groups is 2. The summed E-state index contributed by atoms with van der Waals surface area (Å²) in [5.74, 6) is -0.455. The molecule has 0 bridgehead atoms.